The standard InChI is InChI=1S/C24H32O3Si3/c1-4-25-19-7-13-22(14-8-19)28-29-30(23-15-9-20(10-16-23)26-5-2)24-17-11-21(12-18-24)27-6-3/h7-18,30H,4-6,28-29H2,1-3H3. The molecular weight excluding hydrogens is 421 g/mol. The molecule has 158 valence electrons. The van der Waals surface area contributed by atoms with Crippen molar-refractivity contribution in [2.24, 2.45) is 0 Å². The van der Waals surface area contributed by atoms with Gasteiger partial charge in [-0.2, -0.15) is 0 Å². The van der Waals surface area contributed by atoms with E-state index < -0.39 is 8.31 Å². The fourth-order valence-electron chi connectivity index (χ4n) is 3.68. The largest absolute Gasteiger partial charge is 0.494 e. The van der Waals surface area contributed by atoms with Gasteiger partial charge in [-0.25, -0.2) is 0 Å². The Labute approximate surface area is 186 Å². The van der Waals surface area contributed by atoms with Crippen LogP contribution in [0.4, 0.5) is 0 Å². The summed E-state index contributed by atoms with van der Waals surface area (Å²) in [5.74, 6) is 2.90. The van der Waals surface area contributed by atoms with Crippen LogP contribution in [0.1, 0.15) is 20.8 Å². The minimum atomic E-state index is -1.17. The average molecular weight is 453 g/mol. The van der Waals surface area contributed by atoms with Crippen LogP contribution >= 0.6 is 0 Å². The van der Waals surface area contributed by atoms with Crippen LogP contribution < -0.4 is 29.8 Å². The Bertz CT molecular complexity index is 832. The number of rotatable bonds is 11. The first-order chi connectivity index (χ1) is 14.7. The first kappa shape index (κ1) is 22.4. The molecule has 6 heteroatoms. The molecule has 0 aliphatic heterocycles. The van der Waals surface area contributed by atoms with E-state index in [9.17, 15) is 0 Å². The number of hydrogen-bond acceptors (Lipinski definition) is 3. The molecule has 0 fully saturated rings. The van der Waals surface area contributed by atoms with Gasteiger partial charge >= 0.3 is 0 Å². The van der Waals surface area contributed by atoms with E-state index in [0.29, 0.717) is 13.2 Å². The average Bonchev–Trinajstić information content (AvgIpc) is 2.78. The summed E-state index contributed by atoms with van der Waals surface area (Å²) < 4.78 is 16.9. The van der Waals surface area contributed by atoms with E-state index in [1.165, 1.54) is 10.4 Å². The van der Waals surface area contributed by atoms with Gasteiger partial charge in [0.2, 0.25) is 0 Å². The highest BCUT2D eigenvalue weighted by atomic mass is 29.5. The van der Waals surface area contributed by atoms with Crippen LogP contribution in [0, 0.1) is 0 Å². The summed E-state index contributed by atoms with van der Waals surface area (Å²) in [6, 6.07) is 26.6. The lowest BCUT2D eigenvalue weighted by Crippen LogP contribution is -2.51. The highest BCUT2D eigenvalue weighted by molar-refractivity contribution is 7.45. The Morgan fingerprint density at radius 1 is 0.567 bits per heavy atom. The Morgan fingerprint density at radius 3 is 1.30 bits per heavy atom. The van der Waals surface area contributed by atoms with Crippen LogP contribution in [0.5, 0.6) is 17.2 Å². The van der Waals surface area contributed by atoms with Gasteiger partial charge in [-0.15, -0.1) is 0 Å². The number of ether oxygens (including phenoxy) is 3. The van der Waals surface area contributed by atoms with Gasteiger partial charge in [0, 0.05) is 17.6 Å². The van der Waals surface area contributed by atoms with E-state index in [0.717, 1.165) is 23.9 Å². The van der Waals surface area contributed by atoms with Crippen LogP contribution in [-0.2, 0) is 0 Å². The van der Waals surface area contributed by atoms with Crippen molar-refractivity contribution in [3.05, 3.63) is 72.8 Å². The van der Waals surface area contributed by atoms with Crippen molar-refractivity contribution < 1.29 is 14.2 Å². The van der Waals surface area contributed by atoms with Crippen LogP contribution in [0.3, 0.4) is 0 Å². The van der Waals surface area contributed by atoms with E-state index in [4.69, 9.17) is 14.2 Å². The monoisotopic (exact) mass is 452 g/mol. The second-order valence-corrected chi connectivity index (χ2v) is 22.4. The normalized spacial score (nSPS) is 11.6. The first-order valence-corrected chi connectivity index (χ1v) is 20.0. The van der Waals surface area contributed by atoms with Gasteiger partial charge in [0.15, 0.2) is 0 Å². The molecule has 3 aromatic carbocycles. The van der Waals surface area contributed by atoms with Gasteiger partial charge in [-0.05, 0) is 57.2 Å². The Balaban J connectivity index is 1.79. The fourth-order valence-corrected chi connectivity index (χ4v) is 25.3. The van der Waals surface area contributed by atoms with Crippen LogP contribution in [-0.4, -0.2) is 45.7 Å². The molecule has 0 aliphatic rings. The highest BCUT2D eigenvalue weighted by Crippen LogP contribution is 2.10. The summed E-state index contributed by atoms with van der Waals surface area (Å²) in [6.07, 6.45) is 0. The summed E-state index contributed by atoms with van der Waals surface area (Å²) in [5.41, 5.74) is 0. The van der Waals surface area contributed by atoms with Crippen molar-refractivity contribution in [2.75, 3.05) is 19.8 Å². The third-order valence-corrected chi connectivity index (χ3v) is 24.4. The quantitative estimate of drug-likeness (QED) is 0.411. The third kappa shape index (κ3) is 6.35. The van der Waals surface area contributed by atoms with E-state index in [1.807, 2.05) is 20.8 Å². The van der Waals surface area contributed by atoms with Gasteiger partial charge in [0.25, 0.3) is 0 Å². The summed E-state index contributed by atoms with van der Waals surface area (Å²) in [7, 11) is -1.59. The van der Waals surface area contributed by atoms with E-state index in [-0.39, 0.29) is 17.6 Å². The van der Waals surface area contributed by atoms with Crippen LogP contribution in [0.15, 0.2) is 72.8 Å². The maximum Gasteiger partial charge on any atom is 0.119 e. The summed E-state index contributed by atoms with van der Waals surface area (Å²) >= 11 is 0. The summed E-state index contributed by atoms with van der Waals surface area (Å²) in [5, 5.41) is 4.62. The predicted molar refractivity (Wildman–Crippen MR) is 136 cm³/mol. The summed E-state index contributed by atoms with van der Waals surface area (Å²) in [4.78, 5) is 0. The smallest absolute Gasteiger partial charge is 0.119 e. The lowest BCUT2D eigenvalue weighted by atomic mass is 10.3. The maximum atomic E-state index is 5.66. The van der Waals surface area contributed by atoms with Crippen molar-refractivity contribution >= 4 is 41.5 Å². The van der Waals surface area contributed by atoms with Crippen LogP contribution in [0.25, 0.3) is 0 Å². The van der Waals surface area contributed by atoms with Gasteiger partial charge in [-0.1, -0.05) is 52.0 Å². The molecule has 0 N–H and O–H groups in total. The van der Waals surface area contributed by atoms with Gasteiger partial charge in [0.1, 0.15) is 17.2 Å². The minimum Gasteiger partial charge on any atom is -0.494 e. The zero-order chi connectivity index (χ0) is 21.2. The van der Waals surface area contributed by atoms with Gasteiger partial charge in [0.05, 0.1) is 28.1 Å². The molecule has 3 rings (SSSR count). The molecule has 0 spiro atoms. The molecule has 0 aromatic heterocycles. The molecule has 0 atom stereocenters. The lowest BCUT2D eigenvalue weighted by molar-refractivity contribution is 0.340. The molecule has 0 saturated carbocycles. The van der Waals surface area contributed by atoms with Crippen LogP contribution in [0.2, 0.25) is 0 Å². The van der Waals surface area contributed by atoms with Crippen molar-refractivity contribution in [3.63, 3.8) is 0 Å². The molecule has 0 amide bonds. The molecule has 3 nitrogen and oxygen atoms in total. The first-order valence-electron chi connectivity index (χ1n) is 10.9. The SMILES string of the molecule is CCOc1ccc([SiH2][SiH2][SiH](c2ccc(OCC)cc2)c2ccc(OCC)cc2)cc1. The summed E-state index contributed by atoms with van der Waals surface area (Å²) in [6.45, 7) is 8.22. The van der Waals surface area contributed by atoms with E-state index in [2.05, 4.69) is 72.8 Å². The molecule has 0 unspecified atom stereocenters. The lowest BCUT2D eigenvalue weighted by Gasteiger charge is -2.17. The van der Waals surface area contributed by atoms with Gasteiger partial charge in [-0.3, -0.25) is 0 Å². The molecule has 0 heterocycles. The minimum absolute atomic E-state index is 0.186. The molecule has 30 heavy (non-hydrogen) atoms. The van der Waals surface area contributed by atoms with Gasteiger partial charge < -0.3 is 14.2 Å². The van der Waals surface area contributed by atoms with Crippen molar-refractivity contribution in [3.8, 4) is 17.2 Å². The van der Waals surface area contributed by atoms with Crippen molar-refractivity contribution in [1.29, 1.82) is 0 Å². The molecule has 0 saturated heterocycles. The topological polar surface area (TPSA) is 27.7 Å². The van der Waals surface area contributed by atoms with Crippen molar-refractivity contribution in [2.45, 2.75) is 20.8 Å². The third-order valence-electron chi connectivity index (χ3n) is 5.14. The molecular formula is C24H32O3Si3. The zero-order valence-electron chi connectivity index (χ0n) is 18.3. The molecule has 0 radical (unpaired) electrons. The second-order valence-electron chi connectivity index (χ2n) is 7.17. The highest BCUT2D eigenvalue weighted by Gasteiger charge is 2.17. The molecule has 0 aliphatic carbocycles. The maximum absolute atomic E-state index is 5.66. The number of benzene rings is 3. The zero-order valence-corrected chi connectivity index (χ0v) is 22.2. The Morgan fingerprint density at radius 2 is 0.933 bits per heavy atom. The van der Waals surface area contributed by atoms with E-state index >= 15 is 0 Å². The Hall–Kier alpha value is -2.29. The Kier molecular flexibility index (Phi) is 8.80. The van der Waals surface area contributed by atoms with E-state index in [1.54, 1.807) is 5.19 Å². The number of hydrogen-bond donors (Lipinski definition) is 0. The fraction of sp³-hybridized carbons (Fsp3) is 0.250. The molecule has 3 aromatic rings. The van der Waals surface area contributed by atoms with Crippen molar-refractivity contribution in [1.82, 2.24) is 0 Å². The molecule has 0 bridgehead atoms. The predicted octanol–water partition coefficient (Wildman–Crippen LogP) is 1.30. The second kappa shape index (κ2) is 11.8.